The molecule has 0 aliphatic heterocycles. The van der Waals surface area contributed by atoms with E-state index in [2.05, 4.69) is 15.5 Å². The lowest BCUT2D eigenvalue weighted by Crippen LogP contribution is -2.23. The molecule has 0 saturated carbocycles. The number of benzene rings is 1. The highest BCUT2D eigenvalue weighted by molar-refractivity contribution is 5.76. The third-order valence-electron chi connectivity index (χ3n) is 3.13. The molecule has 1 aromatic carbocycles. The molecule has 3 rings (SSSR count). The molecule has 1 amide bonds. The van der Waals surface area contributed by atoms with Gasteiger partial charge in [0.2, 0.25) is 17.6 Å². The van der Waals surface area contributed by atoms with Gasteiger partial charge < -0.3 is 14.3 Å². The number of amides is 1. The van der Waals surface area contributed by atoms with Gasteiger partial charge in [-0.2, -0.15) is 4.98 Å². The van der Waals surface area contributed by atoms with Crippen LogP contribution in [0.2, 0.25) is 0 Å². The first-order chi connectivity index (χ1) is 10.8. The Balaban J connectivity index is 1.47. The van der Waals surface area contributed by atoms with E-state index in [0.29, 0.717) is 30.3 Å². The van der Waals surface area contributed by atoms with Gasteiger partial charge in [0, 0.05) is 6.42 Å². The molecule has 0 unspecified atom stereocenters. The first-order valence-corrected chi connectivity index (χ1v) is 6.98. The second-order valence-electron chi connectivity index (χ2n) is 4.75. The SMILES string of the molecule is O=C(CCc1ccccc1)NCc1nc(-c2ccco2)no1. The fourth-order valence-corrected chi connectivity index (χ4v) is 2.00. The minimum atomic E-state index is -0.0541. The number of rotatable bonds is 6. The fourth-order valence-electron chi connectivity index (χ4n) is 2.00. The monoisotopic (exact) mass is 297 g/mol. The average Bonchev–Trinajstić information content (AvgIpc) is 3.22. The van der Waals surface area contributed by atoms with E-state index in [0.717, 1.165) is 5.56 Å². The van der Waals surface area contributed by atoms with Gasteiger partial charge in [0.15, 0.2) is 5.76 Å². The first kappa shape index (κ1) is 14.1. The average molecular weight is 297 g/mol. The molecule has 0 atom stereocenters. The Bertz CT molecular complexity index is 720. The highest BCUT2D eigenvalue weighted by Gasteiger charge is 2.11. The molecule has 1 N–H and O–H groups in total. The number of aryl methyl sites for hydroxylation is 1. The second-order valence-corrected chi connectivity index (χ2v) is 4.75. The summed E-state index contributed by atoms with van der Waals surface area (Å²) in [7, 11) is 0. The van der Waals surface area contributed by atoms with E-state index in [-0.39, 0.29) is 12.5 Å². The second kappa shape index (κ2) is 6.71. The summed E-state index contributed by atoms with van der Waals surface area (Å²) in [5.41, 5.74) is 1.13. The fraction of sp³-hybridized carbons (Fsp3) is 0.188. The number of carbonyl (C=O) groups is 1. The number of hydrogen-bond acceptors (Lipinski definition) is 5. The van der Waals surface area contributed by atoms with Gasteiger partial charge in [0.05, 0.1) is 12.8 Å². The van der Waals surface area contributed by atoms with Crippen molar-refractivity contribution in [2.45, 2.75) is 19.4 Å². The Morgan fingerprint density at radius 1 is 1.14 bits per heavy atom. The van der Waals surface area contributed by atoms with Crippen LogP contribution in [0.3, 0.4) is 0 Å². The molecule has 0 radical (unpaired) electrons. The summed E-state index contributed by atoms with van der Waals surface area (Å²) in [5, 5.41) is 6.56. The van der Waals surface area contributed by atoms with Crippen LogP contribution < -0.4 is 5.32 Å². The van der Waals surface area contributed by atoms with Crippen LogP contribution in [0.4, 0.5) is 0 Å². The molecule has 6 nitrogen and oxygen atoms in total. The van der Waals surface area contributed by atoms with Gasteiger partial charge in [-0.15, -0.1) is 0 Å². The van der Waals surface area contributed by atoms with Crippen LogP contribution in [0.1, 0.15) is 17.9 Å². The van der Waals surface area contributed by atoms with Crippen molar-refractivity contribution in [2.75, 3.05) is 0 Å². The topological polar surface area (TPSA) is 81.2 Å². The number of aromatic nitrogens is 2. The smallest absolute Gasteiger partial charge is 0.246 e. The maximum absolute atomic E-state index is 11.8. The van der Waals surface area contributed by atoms with Crippen molar-refractivity contribution in [3.63, 3.8) is 0 Å². The molecule has 112 valence electrons. The quantitative estimate of drug-likeness (QED) is 0.756. The zero-order valence-corrected chi connectivity index (χ0v) is 11.9. The van der Waals surface area contributed by atoms with Crippen LogP contribution in [0.25, 0.3) is 11.6 Å². The summed E-state index contributed by atoms with van der Waals surface area (Å²) in [6.07, 6.45) is 2.66. The molecular weight excluding hydrogens is 282 g/mol. The number of nitrogens with one attached hydrogen (secondary N) is 1. The van der Waals surface area contributed by atoms with E-state index in [4.69, 9.17) is 8.94 Å². The summed E-state index contributed by atoms with van der Waals surface area (Å²) in [6, 6.07) is 13.4. The normalized spacial score (nSPS) is 10.5. The molecule has 0 aliphatic rings. The van der Waals surface area contributed by atoms with Crippen LogP contribution in [-0.4, -0.2) is 16.0 Å². The van der Waals surface area contributed by atoms with E-state index < -0.39 is 0 Å². The van der Waals surface area contributed by atoms with Gasteiger partial charge in [-0.25, -0.2) is 0 Å². The Labute approximate surface area is 127 Å². The van der Waals surface area contributed by atoms with E-state index in [9.17, 15) is 4.79 Å². The summed E-state index contributed by atoms with van der Waals surface area (Å²) < 4.78 is 10.2. The van der Waals surface area contributed by atoms with Crippen LogP contribution in [-0.2, 0) is 17.8 Å². The van der Waals surface area contributed by atoms with Crippen LogP contribution in [0.5, 0.6) is 0 Å². The van der Waals surface area contributed by atoms with Crippen LogP contribution >= 0.6 is 0 Å². The highest BCUT2D eigenvalue weighted by atomic mass is 16.5. The lowest BCUT2D eigenvalue weighted by molar-refractivity contribution is -0.121. The minimum Gasteiger partial charge on any atom is -0.461 e. The van der Waals surface area contributed by atoms with Gasteiger partial charge in [0.1, 0.15) is 0 Å². The van der Waals surface area contributed by atoms with Gasteiger partial charge in [-0.1, -0.05) is 35.5 Å². The summed E-state index contributed by atoms with van der Waals surface area (Å²) in [5.74, 6) is 1.20. The van der Waals surface area contributed by atoms with Gasteiger partial charge in [-0.05, 0) is 24.1 Å². The zero-order chi connectivity index (χ0) is 15.2. The zero-order valence-electron chi connectivity index (χ0n) is 11.9. The van der Waals surface area contributed by atoms with Crippen molar-refractivity contribution in [1.82, 2.24) is 15.5 Å². The molecule has 0 spiro atoms. The lowest BCUT2D eigenvalue weighted by atomic mass is 10.1. The van der Waals surface area contributed by atoms with Crippen molar-refractivity contribution >= 4 is 5.91 Å². The Morgan fingerprint density at radius 3 is 2.77 bits per heavy atom. The van der Waals surface area contributed by atoms with Crippen molar-refractivity contribution in [1.29, 1.82) is 0 Å². The van der Waals surface area contributed by atoms with Crippen LogP contribution in [0.15, 0.2) is 57.7 Å². The summed E-state index contributed by atoms with van der Waals surface area (Å²) in [6.45, 7) is 0.210. The maximum Gasteiger partial charge on any atom is 0.246 e. The third-order valence-corrected chi connectivity index (χ3v) is 3.13. The molecule has 0 bridgehead atoms. The Morgan fingerprint density at radius 2 is 2.00 bits per heavy atom. The van der Waals surface area contributed by atoms with E-state index in [1.165, 1.54) is 6.26 Å². The summed E-state index contributed by atoms with van der Waals surface area (Å²) >= 11 is 0. The molecule has 3 aromatic rings. The number of carbonyl (C=O) groups excluding carboxylic acids is 1. The van der Waals surface area contributed by atoms with Gasteiger partial charge in [0.25, 0.3) is 0 Å². The molecule has 2 aromatic heterocycles. The third kappa shape index (κ3) is 3.60. The van der Waals surface area contributed by atoms with Crippen molar-refractivity contribution in [2.24, 2.45) is 0 Å². The van der Waals surface area contributed by atoms with Crippen LogP contribution in [0, 0.1) is 0 Å². The van der Waals surface area contributed by atoms with E-state index in [1.54, 1.807) is 12.1 Å². The molecule has 0 fully saturated rings. The number of hydrogen-bond donors (Lipinski definition) is 1. The van der Waals surface area contributed by atoms with Gasteiger partial charge in [-0.3, -0.25) is 4.79 Å². The molecular formula is C16H15N3O3. The minimum absolute atomic E-state index is 0.0541. The van der Waals surface area contributed by atoms with Crippen molar-refractivity contribution in [3.8, 4) is 11.6 Å². The van der Waals surface area contributed by atoms with Gasteiger partial charge >= 0.3 is 0 Å². The Kier molecular flexibility index (Phi) is 4.29. The molecule has 0 saturated heterocycles. The molecule has 22 heavy (non-hydrogen) atoms. The first-order valence-electron chi connectivity index (χ1n) is 6.98. The standard InChI is InChI=1S/C16H15N3O3/c20-14(9-8-12-5-2-1-3-6-12)17-11-15-18-16(19-22-15)13-7-4-10-21-13/h1-7,10H,8-9,11H2,(H,17,20). The van der Waals surface area contributed by atoms with E-state index in [1.807, 2.05) is 30.3 Å². The van der Waals surface area contributed by atoms with Crippen molar-refractivity contribution in [3.05, 3.63) is 60.2 Å². The lowest BCUT2D eigenvalue weighted by Gasteiger charge is -2.02. The maximum atomic E-state index is 11.8. The Hall–Kier alpha value is -2.89. The predicted molar refractivity (Wildman–Crippen MR) is 78.6 cm³/mol. The predicted octanol–water partition coefficient (Wildman–Crippen LogP) is 2.58. The largest absolute Gasteiger partial charge is 0.461 e. The molecule has 0 aliphatic carbocycles. The summed E-state index contributed by atoms with van der Waals surface area (Å²) in [4.78, 5) is 16.0. The number of furan rings is 1. The highest BCUT2D eigenvalue weighted by Crippen LogP contribution is 2.15. The van der Waals surface area contributed by atoms with Crippen molar-refractivity contribution < 1.29 is 13.7 Å². The number of nitrogens with zero attached hydrogens (tertiary/aromatic N) is 2. The van der Waals surface area contributed by atoms with E-state index >= 15 is 0 Å². The molecule has 2 heterocycles. The molecule has 6 heteroatoms.